The third-order valence-electron chi connectivity index (χ3n) is 3.74. The molecule has 1 heterocycles. The van der Waals surface area contributed by atoms with Crippen molar-refractivity contribution < 1.29 is 0 Å². The van der Waals surface area contributed by atoms with E-state index in [0.717, 1.165) is 35.4 Å². The standard InChI is InChI=1S/C17H17Cl2N3/c1-2-17-21-15-10-14(20)13(19)9-16(15)22(17)12-5-3-11(4-6-12)7-8-18/h3-6,9-10H,2,7-8,20H2,1H3. The largest absolute Gasteiger partial charge is 0.397 e. The van der Waals surface area contributed by atoms with Crippen LogP contribution in [0.15, 0.2) is 36.4 Å². The zero-order chi connectivity index (χ0) is 15.7. The monoisotopic (exact) mass is 333 g/mol. The molecule has 0 saturated heterocycles. The van der Waals surface area contributed by atoms with E-state index in [-0.39, 0.29) is 0 Å². The van der Waals surface area contributed by atoms with Crippen LogP contribution < -0.4 is 5.73 Å². The molecule has 3 rings (SSSR count). The number of nitrogens with zero attached hydrogens (tertiary/aromatic N) is 2. The molecule has 1 aromatic heterocycles. The van der Waals surface area contributed by atoms with Crippen LogP contribution in [-0.2, 0) is 12.8 Å². The molecule has 0 spiro atoms. The molecule has 0 aliphatic rings. The van der Waals surface area contributed by atoms with Crippen LogP contribution in [0.2, 0.25) is 5.02 Å². The van der Waals surface area contributed by atoms with Crippen molar-refractivity contribution >= 4 is 39.9 Å². The summed E-state index contributed by atoms with van der Waals surface area (Å²) in [5.74, 6) is 1.62. The van der Waals surface area contributed by atoms with Gasteiger partial charge in [-0.2, -0.15) is 0 Å². The molecule has 0 unspecified atom stereocenters. The minimum Gasteiger partial charge on any atom is -0.397 e. The molecule has 5 heteroatoms. The summed E-state index contributed by atoms with van der Waals surface area (Å²) in [6.45, 7) is 2.09. The summed E-state index contributed by atoms with van der Waals surface area (Å²) in [5.41, 5.74) is 10.6. The number of hydrogen-bond acceptors (Lipinski definition) is 2. The highest BCUT2D eigenvalue weighted by atomic mass is 35.5. The Bertz CT molecular complexity index is 807. The van der Waals surface area contributed by atoms with Crippen LogP contribution in [0.25, 0.3) is 16.7 Å². The average molecular weight is 334 g/mol. The normalized spacial score (nSPS) is 11.2. The Morgan fingerprint density at radius 3 is 2.55 bits per heavy atom. The van der Waals surface area contributed by atoms with Crippen LogP contribution in [-0.4, -0.2) is 15.4 Å². The fourth-order valence-electron chi connectivity index (χ4n) is 2.61. The van der Waals surface area contributed by atoms with Gasteiger partial charge in [0.15, 0.2) is 0 Å². The van der Waals surface area contributed by atoms with Crippen LogP contribution in [0.3, 0.4) is 0 Å². The minimum atomic E-state index is 0.551. The molecule has 0 atom stereocenters. The maximum atomic E-state index is 6.19. The summed E-state index contributed by atoms with van der Waals surface area (Å²) >= 11 is 12.0. The summed E-state index contributed by atoms with van der Waals surface area (Å²) in [5, 5.41) is 0.551. The minimum absolute atomic E-state index is 0.551. The van der Waals surface area contributed by atoms with Crippen molar-refractivity contribution in [2.24, 2.45) is 0 Å². The van der Waals surface area contributed by atoms with E-state index in [1.165, 1.54) is 5.56 Å². The fraction of sp³-hybridized carbons (Fsp3) is 0.235. The van der Waals surface area contributed by atoms with Gasteiger partial charge in [0, 0.05) is 18.0 Å². The number of halogens is 2. The Kier molecular flexibility index (Phi) is 4.27. The van der Waals surface area contributed by atoms with Crippen molar-refractivity contribution in [2.45, 2.75) is 19.8 Å². The lowest BCUT2D eigenvalue weighted by Gasteiger charge is -2.09. The van der Waals surface area contributed by atoms with Crippen LogP contribution >= 0.6 is 23.2 Å². The molecule has 0 fully saturated rings. The summed E-state index contributed by atoms with van der Waals surface area (Å²) < 4.78 is 2.13. The lowest BCUT2D eigenvalue weighted by Crippen LogP contribution is -2.00. The van der Waals surface area contributed by atoms with Gasteiger partial charge in [-0.25, -0.2) is 4.98 Å². The van der Waals surface area contributed by atoms with E-state index < -0.39 is 0 Å². The molecule has 2 N–H and O–H groups in total. The molecular weight excluding hydrogens is 317 g/mol. The Labute approximate surface area is 139 Å². The first kappa shape index (κ1) is 15.2. The van der Waals surface area contributed by atoms with Crippen molar-refractivity contribution in [1.82, 2.24) is 9.55 Å². The number of alkyl halides is 1. The predicted molar refractivity (Wildman–Crippen MR) is 94.3 cm³/mol. The number of aromatic nitrogens is 2. The van der Waals surface area contributed by atoms with Crippen LogP contribution in [0.1, 0.15) is 18.3 Å². The van der Waals surface area contributed by atoms with Gasteiger partial charge < -0.3 is 5.73 Å². The molecule has 3 aromatic rings. The van der Waals surface area contributed by atoms with E-state index in [4.69, 9.17) is 28.9 Å². The van der Waals surface area contributed by atoms with E-state index in [1.54, 1.807) is 0 Å². The van der Waals surface area contributed by atoms with Gasteiger partial charge >= 0.3 is 0 Å². The third-order valence-corrected chi connectivity index (χ3v) is 4.25. The van der Waals surface area contributed by atoms with Gasteiger partial charge in [0.05, 0.1) is 21.7 Å². The molecule has 0 radical (unpaired) electrons. The Morgan fingerprint density at radius 2 is 1.91 bits per heavy atom. The van der Waals surface area contributed by atoms with Gasteiger partial charge in [-0.15, -0.1) is 11.6 Å². The second-order valence-electron chi connectivity index (χ2n) is 5.18. The van der Waals surface area contributed by atoms with Crippen molar-refractivity contribution in [2.75, 3.05) is 11.6 Å². The summed E-state index contributed by atoms with van der Waals surface area (Å²) in [6.07, 6.45) is 1.70. The van der Waals surface area contributed by atoms with E-state index in [0.29, 0.717) is 16.6 Å². The number of rotatable bonds is 4. The summed E-state index contributed by atoms with van der Waals surface area (Å²) in [7, 11) is 0. The molecular formula is C17H17Cl2N3. The molecule has 0 saturated carbocycles. The van der Waals surface area contributed by atoms with Crippen LogP contribution in [0.5, 0.6) is 0 Å². The lowest BCUT2D eigenvalue weighted by molar-refractivity contribution is 0.907. The molecule has 0 bridgehead atoms. The van der Waals surface area contributed by atoms with Crippen molar-refractivity contribution in [3.63, 3.8) is 0 Å². The molecule has 0 aliphatic carbocycles. The number of nitrogen functional groups attached to an aromatic ring is 1. The quantitative estimate of drug-likeness (QED) is 0.559. The molecule has 2 aromatic carbocycles. The molecule has 3 nitrogen and oxygen atoms in total. The molecule has 114 valence electrons. The van der Waals surface area contributed by atoms with Crippen molar-refractivity contribution in [3.8, 4) is 5.69 Å². The van der Waals surface area contributed by atoms with E-state index in [1.807, 2.05) is 12.1 Å². The molecule has 22 heavy (non-hydrogen) atoms. The Hall–Kier alpha value is -1.71. The number of nitrogens with two attached hydrogens (primary N) is 1. The molecule has 0 aliphatic heterocycles. The van der Waals surface area contributed by atoms with Crippen molar-refractivity contribution in [3.05, 3.63) is 52.8 Å². The highest BCUT2D eigenvalue weighted by Crippen LogP contribution is 2.29. The van der Waals surface area contributed by atoms with Gasteiger partial charge in [0.25, 0.3) is 0 Å². The predicted octanol–water partition coefficient (Wildman–Crippen LogP) is 4.60. The first-order chi connectivity index (χ1) is 10.6. The SMILES string of the molecule is CCc1nc2cc(N)c(Cl)cc2n1-c1ccc(CCCl)cc1. The van der Waals surface area contributed by atoms with Crippen LogP contribution in [0.4, 0.5) is 5.69 Å². The van der Waals surface area contributed by atoms with Gasteiger partial charge in [-0.05, 0) is 36.2 Å². The maximum Gasteiger partial charge on any atom is 0.114 e. The number of fused-ring (bicyclic) bond motifs is 1. The number of imidazole rings is 1. The van der Waals surface area contributed by atoms with Gasteiger partial charge in [-0.1, -0.05) is 30.7 Å². The first-order valence-electron chi connectivity index (χ1n) is 7.25. The lowest BCUT2D eigenvalue weighted by atomic mass is 10.1. The van der Waals surface area contributed by atoms with E-state index in [2.05, 4.69) is 40.7 Å². The Balaban J connectivity index is 2.17. The number of benzene rings is 2. The van der Waals surface area contributed by atoms with Crippen molar-refractivity contribution in [1.29, 1.82) is 0 Å². The number of aryl methyl sites for hydroxylation is 2. The summed E-state index contributed by atoms with van der Waals surface area (Å²) in [4.78, 5) is 4.67. The van der Waals surface area contributed by atoms with E-state index >= 15 is 0 Å². The highest BCUT2D eigenvalue weighted by Gasteiger charge is 2.13. The first-order valence-corrected chi connectivity index (χ1v) is 8.17. The average Bonchev–Trinajstić information content (AvgIpc) is 2.86. The second-order valence-corrected chi connectivity index (χ2v) is 5.97. The number of hydrogen-bond donors (Lipinski definition) is 1. The van der Waals surface area contributed by atoms with Gasteiger partial charge in [0.1, 0.15) is 5.82 Å². The van der Waals surface area contributed by atoms with Gasteiger partial charge in [0.2, 0.25) is 0 Å². The fourth-order valence-corrected chi connectivity index (χ4v) is 2.99. The number of anilines is 1. The summed E-state index contributed by atoms with van der Waals surface area (Å²) in [6, 6.07) is 12.1. The van der Waals surface area contributed by atoms with Crippen LogP contribution in [0, 0.1) is 0 Å². The molecule has 0 amide bonds. The topological polar surface area (TPSA) is 43.8 Å². The zero-order valence-electron chi connectivity index (χ0n) is 12.3. The van der Waals surface area contributed by atoms with E-state index in [9.17, 15) is 0 Å². The smallest absolute Gasteiger partial charge is 0.114 e. The zero-order valence-corrected chi connectivity index (χ0v) is 13.8. The maximum absolute atomic E-state index is 6.19. The Morgan fingerprint density at radius 1 is 1.18 bits per heavy atom. The third kappa shape index (κ3) is 2.67. The second kappa shape index (κ2) is 6.19. The highest BCUT2D eigenvalue weighted by molar-refractivity contribution is 6.33. The van der Waals surface area contributed by atoms with Gasteiger partial charge in [-0.3, -0.25) is 4.57 Å².